The van der Waals surface area contributed by atoms with Gasteiger partial charge in [0.1, 0.15) is 11.6 Å². The SMILES string of the molecule is COC(=O)c1cc(-c2nc3c([nH]2)COCC3(C)C)c(C)cc1C.Cc1cc(C)c(-c2nc3c([nH]2)COCC3(C)C)cc1C(=O)O.[Li+].[OH-]. The standard InChI is InChI=1S/C18H22N2O3.C17H20N2O3.Li.H2O/c1-10-6-11(2)13(17(21)22-5)7-12(10)16-19-14-8-23-9-18(3,4)15(14)20-16;1-9-5-10(2)12(16(20)21)6-11(9)15-18-13-7-22-8-17(3,4)14(13)19-15;;/h6-7H,8-9H2,1-5H3,(H,19,20);5-6H,7-8H2,1-4H3,(H,18,19)(H,20,21);;1H2/q;;+1;/p-1. The summed E-state index contributed by atoms with van der Waals surface area (Å²) >= 11 is 0. The van der Waals surface area contributed by atoms with Crippen LogP contribution in [0.3, 0.4) is 0 Å². The van der Waals surface area contributed by atoms with E-state index < -0.39 is 5.97 Å². The normalized spacial score (nSPS) is 15.5. The van der Waals surface area contributed by atoms with Crippen LogP contribution < -0.4 is 18.9 Å². The fourth-order valence-electron chi connectivity index (χ4n) is 6.13. The van der Waals surface area contributed by atoms with Crippen LogP contribution in [0.5, 0.6) is 0 Å². The molecule has 2 aromatic heterocycles. The number of carboxylic acids is 1. The van der Waals surface area contributed by atoms with Crippen molar-refractivity contribution in [2.45, 2.75) is 79.4 Å². The molecule has 0 atom stereocenters. The van der Waals surface area contributed by atoms with Crippen LogP contribution in [0.1, 0.15) is 93.4 Å². The van der Waals surface area contributed by atoms with Gasteiger partial charge in [0.2, 0.25) is 0 Å². The molecule has 0 unspecified atom stereocenters. The van der Waals surface area contributed by atoms with Crippen LogP contribution in [0.15, 0.2) is 24.3 Å². The molecule has 246 valence electrons. The Morgan fingerprint density at radius 1 is 0.745 bits per heavy atom. The van der Waals surface area contributed by atoms with E-state index in [0.29, 0.717) is 43.4 Å². The van der Waals surface area contributed by atoms with E-state index >= 15 is 0 Å². The molecule has 2 aromatic carbocycles. The van der Waals surface area contributed by atoms with Gasteiger partial charge >= 0.3 is 30.8 Å². The minimum Gasteiger partial charge on any atom is -0.870 e. The zero-order valence-corrected chi connectivity index (χ0v) is 29.0. The molecule has 47 heavy (non-hydrogen) atoms. The number of aromatic nitrogens is 4. The molecule has 0 amide bonds. The molecule has 0 bridgehead atoms. The van der Waals surface area contributed by atoms with Gasteiger partial charge in [-0.25, -0.2) is 19.6 Å². The fourth-order valence-corrected chi connectivity index (χ4v) is 6.13. The quantitative estimate of drug-likeness (QED) is 0.224. The number of H-pyrrole nitrogens is 2. The Bertz CT molecular complexity index is 1810. The summed E-state index contributed by atoms with van der Waals surface area (Å²) in [7, 11) is 1.40. The maximum absolute atomic E-state index is 12.0. The zero-order valence-electron chi connectivity index (χ0n) is 29.0. The Balaban J connectivity index is 0.000000245. The Morgan fingerprint density at radius 3 is 1.53 bits per heavy atom. The Labute approximate surface area is 287 Å². The van der Waals surface area contributed by atoms with Crippen molar-refractivity contribution in [2.75, 3.05) is 20.3 Å². The molecule has 2 aliphatic heterocycles. The smallest absolute Gasteiger partial charge is 0.870 e. The number of rotatable bonds is 4. The summed E-state index contributed by atoms with van der Waals surface area (Å²) in [6.07, 6.45) is 0. The van der Waals surface area contributed by atoms with Gasteiger partial charge < -0.3 is 34.8 Å². The molecule has 2 aliphatic rings. The van der Waals surface area contributed by atoms with Crippen LogP contribution in [0, 0.1) is 27.7 Å². The summed E-state index contributed by atoms with van der Waals surface area (Å²) < 4.78 is 16.1. The summed E-state index contributed by atoms with van der Waals surface area (Å²) in [5.41, 5.74) is 10.1. The number of aryl methyl sites for hydroxylation is 4. The molecular weight excluding hydrogens is 595 g/mol. The van der Waals surface area contributed by atoms with E-state index in [9.17, 15) is 14.7 Å². The molecule has 0 saturated heterocycles. The van der Waals surface area contributed by atoms with E-state index in [-0.39, 0.29) is 41.1 Å². The van der Waals surface area contributed by atoms with Crippen molar-refractivity contribution in [1.29, 1.82) is 0 Å². The van der Waals surface area contributed by atoms with Crippen LogP contribution in [0.2, 0.25) is 0 Å². The first-order valence-electron chi connectivity index (χ1n) is 15.0. The number of methoxy groups -OCH3 is 1. The fraction of sp³-hybridized carbons (Fsp3) is 0.429. The van der Waals surface area contributed by atoms with Gasteiger partial charge in [0.25, 0.3) is 0 Å². The van der Waals surface area contributed by atoms with Gasteiger partial charge in [-0.3, -0.25) is 0 Å². The van der Waals surface area contributed by atoms with Crippen LogP contribution >= 0.6 is 0 Å². The van der Waals surface area contributed by atoms with E-state index in [2.05, 4.69) is 37.7 Å². The Hall–Kier alpha value is -3.72. The van der Waals surface area contributed by atoms with Gasteiger partial charge in [0.05, 0.1) is 67.4 Å². The number of carbonyl (C=O) groups excluding carboxylic acids is 1. The van der Waals surface area contributed by atoms with Gasteiger partial charge in [-0.15, -0.1) is 0 Å². The molecule has 0 spiro atoms. The van der Waals surface area contributed by atoms with E-state index in [4.69, 9.17) is 24.2 Å². The average molecular weight is 639 g/mol. The molecule has 4 N–H and O–H groups in total. The third-order valence-electron chi connectivity index (χ3n) is 8.55. The van der Waals surface area contributed by atoms with Crippen LogP contribution in [-0.4, -0.2) is 62.8 Å². The number of imidazole rings is 2. The number of hydrogen-bond donors (Lipinski definition) is 3. The molecule has 6 rings (SSSR count). The summed E-state index contributed by atoms with van der Waals surface area (Å²) in [4.78, 5) is 39.5. The molecule has 0 saturated carbocycles. The van der Waals surface area contributed by atoms with Crippen molar-refractivity contribution in [2.24, 2.45) is 0 Å². The third kappa shape index (κ3) is 7.40. The topological polar surface area (TPSA) is 169 Å². The van der Waals surface area contributed by atoms with E-state index in [1.807, 2.05) is 45.9 Å². The number of benzene rings is 2. The number of ether oxygens (including phenoxy) is 3. The van der Waals surface area contributed by atoms with Crippen molar-refractivity contribution in [3.8, 4) is 22.8 Å². The molecule has 0 aliphatic carbocycles. The minimum atomic E-state index is -0.918. The monoisotopic (exact) mass is 638 g/mol. The van der Waals surface area contributed by atoms with Crippen LogP contribution in [0.25, 0.3) is 22.8 Å². The molecule has 4 heterocycles. The Morgan fingerprint density at radius 2 is 1.15 bits per heavy atom. The van der Waals surface area contributed by atoms with Crippen molar-refractivity contribution in [1.82, 2.24) is 19.9 Å². The van der Waals surface area contributed by atoms with Gasteiger partial charge in [0.15, 0.2) is 0 Å². The summed E-state index contributed by atoms with van der Waals surface area (Å²) in [6, 6.07) is 7.44. The first-order valence-corrected chi connectivity index (χ1v) is 15.0. The van der Waals surface area contributed by atoms with Crippen molar-refractivity contribution in [3.05, 3.63) is 80.4 Å². The average Bonchev–Trinajstić information content (AvgIpc) is 3.59. The van der Waals surface area contributed by atoms with E-state index in [1.165, 1.54) is 7.11 Å². The molecule has 0 fully saturated rings. The number of nitrogens with zero attached hydrogens (tertiary/aromatic N) is 2. The second-order valence-corrected chi connectivity index (χ2v) is 13.3. The molecule has 11 nitrogen and oxygen atoms in total. The molecular formula is C35H43LiN4O7. The predicted octanol–water partition coefficient (Wildman–Crippen LogP) is 3.31. The number of fused-ring (bicyclic) bond motifs is 2. The number of esters is 1. The number of hydrogen-bond acceptors (Lipinski definition) is 8. The summed E-state index contributed by atoms with van der Waals surface area (Å²) in [5, 5.41) is 9.32. The van der Waals surface area contributed by atoms with Gasteiger partial charge in [-0.1, -0.05) is 39.8 Å². The van der Waals surface area contributed by atoms with E-state index in [1.54, 1.807) is 6.07 Å². The van der Waals surface area contributed by atoms with Crippen molar-refractivity contribution < 1.29 is 53.2 Å². The van der Waals surface area contributed by atoms with Gasteiger partial charge in [-0.05, 0) is 62.1 Å². The first-order chi connectivity index (χ1) is 21.1. The number of aromatic carboxylic acids is 1. The number of nitrogens with one attached hydrogen (secondary N) is 2. The molecule has 0 radical (unpaired) electrons. The summed E-state index contributed by atoms with van der Waals surface area (Å²) in [5.74, 6) is 0.238. The summed E-state index contributed by atoms with van der Waals surface area (Å²) in [6.45, 7) is 18.5. The van der Waals surface area contributed by atoms with Crippen LogP contribution in [0.4, 0.5) is 0 Å². The Kier molecular flexibility index (Phi) is 11.4. The number of carboxylic acid groups (broad SMARTS) is 1. The van der Waals surface area contributed by atoms with Gasteiger partial charge in [-0.2, -0.15) is 0 Å². The first kappa shape index (κ1) is 37.7. The second kappa shape index (κ2) is 14.2. The third-order valence-corrected chi connectivity index (χ3v) is 8.55. The van der Waals surface area contributed by atoms with Gasteiger partial charge in [0, 0.05) is 22.0 Å². The van der Waals surface area contributed by atoms with E-state index in [0.717, 1.165) is 62.0 Å². The zero-order chi connectivity index (χ0) is 32.8. The molecule has 12 heteroatoms. The maximum atomic E-state index is 12.0. The minimum absolute atomic E-state index is 0. The van der Waals surface area contributed by atoms with Crippen molar-refractivity contribution in [3.63, 3.8) is 0 Å². The maximum Gasteiger partial charge on any atom is 1.00 e. The molecule has 4 aromatic rings. The number of aromatic amines is 2. The predicted molar refractivity (Wildman–Crippen MR) is 173 cm³/mol. The number of carbonyl (C=O) groups is 2. The second-order valence-electron chi connectivity index (χ2n) is 13.3. The van der Waals surface area contributed by atoms with Crippen LogP contribution in [-0.2, 0) is 38.3 Å². The largest absolute Gasteiger partial charge is 1.00 e. The van der Waals surface area contributed by atoms with Crippen molar-refractivity contribution >= 4 is 11.9 Å².